The summed E-state index contributed by atoms with van der Waals surface area (Å²) in [6.07, 6.45) is 0.687. The maximum Gasteiger partial charge on any atom is 0.178 e. The molecule has 1 aliphatic carbocycles. The summed E-state index contributed by atoms with van der Waals surface area (Å²) in [6.45, 7) is 0. The van der Waals surface area contributed by atoms with Gasteiger partial charge in [0, 0.05) is 21.9 Å². The van der Waals surface area contributed by atoms with Crippen LogP contribution >= 0.6 is 11.8 Å². The largest absolute Gasteiger partial charge is 0.294 e. The Morgan fingerprint density at radius 2 is 1.55 bits per heavy atom. The molecule has 20 heavy (non-hydrogen) atoms. The van der Waals surface area contributed by atoms with Gasteiger partial charge in [-0.25, -0.2) is 0 Å². The molecule has 2 aromatic carbocycles. The Morgan fingerprint density at radius 3 is 2.30 bits per heavy atom. The van der Waals surface area contributed by atoms with Crippen molar-refractivity contribution in [3.8, 4) is 0 Å². The van der Waals surface area contributed by atoms with E-state index in [-0.39, 0.29) is 22.7 Å². The van der Waals surface area contributed by atoms with Crippen molar-refractivity contribution in [1.82, 2.24) is 0 Å². The molecule has 2 aliphatic rings. The standard InChI is InChI=1S/C17H12O2S/c18-15-11-6-2-1-5-10(11)9-13(15)17-16(19)12-7-3-4-8-14(12)20-17/h1-8,13,17H,9H2. The lowest BCUT2D eigenvalue weighted by molar-refractivity contribution is 0.0877. The molecular weight excluding hydrogens is 268 g/mol. The fraction of sp³-hybridized carbons (Fsp3) is 0.176. The molecule has 2 nitrogen and oxygen atoms in total. The van der Waals surface area contributed by atoms with E-state index in [1.54, 1.807) is 11.8 Å². The van der Waals surface area contributed by atoms with Crippen molar-refractivity contribution in [1.29, 1.82) is 0 Å². The molecule has 4 rings (SSSR count). The minimum absolute atomic E-state index is 0.108. The second kappa shape index (κ2) is 4.32. The van der Waals surface area contributed by atoms with Crippen molar-refractivity contribution >= 4 is 23.3 Å². The quantitative estimate of drug-likeness (QED) is 0.803. The van der Waals surface area contributed by atoms with Gasteiger partial charge in [-0.05, 0) is 18.1 Å². The zero-order valence-electron chi connectivity index (χ0n) is 10.7. The highest BCUT2D eigenvalue weighted by molar-refractivity contribution is 8.01. The van der Waals surface area contributed by atoms with Crippen LogP contribution in [0, 0.1) is 5.92 Å². The first-order valence-corrected chi connectivity index (χ1v) is 7.55. The Kier molecular flexibility index (Phi) is 2.57. The fourth-order valence-electron chi connectivity index (χ4n) is 3.09. The van der Waals surface area contributed by atoms with Gasteiger partial charge in [-0.3, -0.25) is 9.59 Å². The highest BCUT2D eigenvalue weighted by atomic mass is 32.2. The van der Waals surface area contributed by atoms with E-state index in [0.717, 1.165) is 21.6 Å². The number of hydrogen-bond donors (Lipinski definition) is 0. The van der Waals surface area contributed by atoms with Gasteiger partial charge in [0.2, 0.25) is 0 Å². The summed E-state index contributed by atoms with van der Waals surface area (Å²) in [7, 11) is 0. The van der Waals surface area contributed by atoms with E-state index in [4.69, 9.17) is 0 Å². The van der Waals surface area contributed by atoms with E-state index < -0.39 is 0 Å². The molecule has 0 N–H and O–H groups in total. The van der Waals surface area contributed by atoms with Crippen LogP contribution in [0.5, 0.6) is 0 Å². The fourth-order valence-corrected chi connectivity index (χ4v) is 4.44. The number of carbonyl (C=O) groups excluding carboxylic acids is 2. The third-order valence-corrected chi connectivity index (χ3v) is 5.50. The van der Waals surface area contributed by atoms with Crippen molar-refractivity contribution in [2.45, 2.75) is 16.6 Å². The highest BCUT2D eigenvalue weighted by Gasteiger charge is 2.43. The first-order chi connectivity index (χ1) is 9.75. The summed E-state index contributed by atoms with van der Waals surface area (Å²) in [6, 6.07) is 15.3. The van der Waals surface area contributed by atoms with Gasteiger partial charge in [0.1, 0.15) is 0 Å². The number of Topliss-reactive ketones (excluding diaryl/α,β-unsaturated/α-hetero) is 2. The van der Waals surface area contributed by atoms with Crippen molar-refractivity contribution in [2.75, 3.05) is 0 Å². The molecule has 0 spiro atoms. The molecule has 0 radical (unpaired) electrons. The van der Waals surface area contributed by atoms with Crippen LogP contribution in [0.25, 0.3) is 0 Å². The molecule has 3 heteroatoms. The minimum Gasteiger partial charge on any atom is -0.294 e. The van der Waals surface area contributed by atoms with Crippen LogP contribution < -0.4 is 0 Å². The topological polar surface area (TPSA) is 34.1 Å². The molecule has 98 valence electrons. The smallest absolute Gasteiger partial charge is 0.178 e. The van der Waals surface area contributed by atoms with E-state index in [2.05, 4.69) is 0 Å². The number of ketones is 2. The molecule has 0 bridgehead atoms. The molecule has 1 heterocycles. The lowest BCUT2D eigenvalue weighted by Crippen LogP contribution is -2.27. The van der Waals surface area contributed by atoms with E-state index in [9.17, 15) is 9.59 Å². The Morgan fingerprint density at radius 1 is 0.850 bits per heavy atom. The van der Waals surface area contributed by atoms with E-state index >= 15 is 0 Å². The average molecular weight is 280 g/mol. The van der Waals surface area contributed by atoms with Crippen LogP contribution in [-0.4, -0.2) is 16.8 Å². The molecule has 2 atom stereocenters. The number of hydrogen-bond acceptors (Lipinski definition) is 3. The van der Waals surface area contributed by atoms with Crippen molar-refractivity contribution in [3.05, 3.63) is 65.2 Å². The SMILES string of the molecule is O=C1c2ccccc2CC1C1Sc2ccccc2C1=O. The molecular formula is C17H12O2S. The minimum atomic E-state index is -0.257. The summed E-state index contributed by atoms with van der Waals surface area (Å²) in [5, 5.41) is -0.257. The number of carbonyl (C=O) groups is 2. The summed E-state index contributed by atoms with van der Waals surface area (Å²) in [5.74, 6) is 0.0216. The summed E-state index contributed by atoms with van der Waals surface area (Å²) in [4.78, 5) is 26.0. The van der Waals surface area contributed by atoms with Gasteiger partial charge in [0.05, 0.1) is 5.25 Å². The maximum absolute atomic E-state index is 12.5. The van der Waals surface area contributed by atoms with Gasteiger partial charge in [0.25, 0.3) is 0 Å². The Bertz CT molecular complexity index is 672. The van der Waals surface area contributed by atoms with Crippen LogP contribution in [0.15, 0.2) is 53.4 Å². The summed E-state index contributed by atoms with van der Waals surface area (Å²) < 4.78 is 0. The monoisotopic (exact) mass is 280 g/mol. The van der Waals surface area contributed by atoms with Crippen LogP contribution in [0.4, 0.5) is 0 Å². The maximum atomic E-state index is 12.5. The molecule has 1 aliphatic heterocycles. The summed E-state index contributed by atoms with van der Waals surface area (Å²) in [5.41, 5.74) is 2.64. The van der Waals surface area contributed by atoms with Gasteiger partial charge in [-0.1, -0.05) is 42.5 Å². The first kappa shape index (κ1) is 11.9. The Labute approximate surface area is 121 Å². The van der Waals surface area contributed by atoms with Crippen LogP contribution in [0.2, 0.25) is 0 Å². The molecule has 0 saturated heterocycles. The predicted molar refractivity (Wildman–Crippen MR) is 78.4 cm³/mol. The second-order valence-corrected chi connectivity index (χ2v) is 6.41. The van der Waals surface area contributed by atoms with Crippen molar-refractivity contribution in [2.24, 2.45) is 5.92 Å². The number of fused-ring (bicyclic) bond motifs is 2. The van der Waals surface area contributed by atoms with E-state index in [1.807, 2.05) is 48.5 Å². The van der Waals surface area contributed by atoms with Gasteiger partial charge in [0.15, 0.2) is 11.6 Å². The predicted octanol–water partition coefficient (Wildman–Crippen LogP) is 3.40. The lowest BCUT2D eigenvalue weighted by Gasteiger charge is -2.13. The summed E-state index contributed by atoms with van der Waals surface area (Å²) >= 11 is 1.55. The number of benzene rings is 2. The molecule has 2 unspecified atom stereocenters. The zero-order chi connectivity index (χ0) is 13.7. The zero-order valence-corrected chi connectivity index (χ0v) is 11.5. The first-order valence-electron chi connectivity index (χ1n) is 6.68. The van der Waals surface area contributed by atoms with Gasteiger partial charge in [-0.15, -0.1) is 11.8 Å². The third-order valence-electron chi connectivity index (χ3n) is 4.09. The van der Waals surface area contributed by atoms with Crippen LogP contribution in [0.1, 0.15) is 26.3 Å². The molecule has 0 fully saturated rings. The molecule has 0 aromatic heterocycles. The van der Waals surface area contributed by atoms with Gasteiger partial charge in [-0.2, -0.15) is 0 Å². The van der Waals surface area contributed by atoms with Crippen LogP contribution in [-0.2, 0) is 6.42 Å². The van der Waals surface area contributed by atoms with Crippen LogP contribution in [0.3, 0.4) is 0 Å². The number of thioether (sulfide) groups is 1. The normalized spacial score (nSPS) is 23.8. The number of rotatable bonds is 1. The Balaban J connectivity index is 1.69. The Hall–Kier alpha value is -1.87. The molecule has 0 amide bonds. The van der Waals surface area contributed by atoms with E-state index in [1.165, 1.54) is 0 Å². The van der Waals surface area contributed by atoms with Crippen molar-refractivity contribution in [3.63, 3.8) is 0 Å². The molecule has 0 saturated carbocycles. The third kappa shape index (κ3) is 1.59. The van der Waals surface area contributed by atoms with Crippen molar-refractivity contribution < 1.29 is 9.59 Å². The van der Waals surface area contributed by atoms with E-state index in [0.29, 0.717) is 6.42 Å². The lowest BCUT2D eigenvalue weighted by atomic mass is 9.95. The van der Waals surface area contributed by atoms with Gasteiger partial charge < -0.3 is 0 Å². The molecule has 2 aromatic rings. The highest BCUT2D eigenvalue weighted by Crippen LogP contribution is 2.44. The van der Waals surface area contributed by atoms with Gasteiger partial charge >= 0.3 is 0 Å². The second-order valence-electron chi connectivity index (χ2n) is 5.23. The average Bonchev–Trinajstić information content (AvgIpc) is 2.98.